The molecule has 0 fully saturated rings. The summed E-state index contributed by atoms with van der Waals surface area (Å²) in [5, 5.41) is 22.8. The highest BCUT2D eigenvalue weighted by Gasteiger charge is 2.19. The van der Waals surface area contributed by atoms with E-state index in [4.69, 9.17) is 5.26 Å². The largest absolute Gasteiger partial charge is 0.383 e. The van der Waals surface area contributed by atoms with Crippen LogP contribution in [0.2, 0.25) is 0 Å². The number of anilines is 1. The SMILES string of the molecule is Cc1cc(Br)c(NCC(C)(C)CCC#N)cc1[N+](=O)[O-]. The van der Waals surface area contributed by atoms with Gasteiger partial charge in [0.15, 0.2) is 0 Å². The van der Waals surface area contributed by atoms with Crippen LogP contribution in [0.25, 0.3) is 0 Å². The predicted octanol–water partition coefficient (Wildman–Crippen LogP) is 4.41. The molecular weight excluding hydrogens is 322 g/mol. The summed E-state index contributed by atoms with van der Waals surface area (Å²) in [6.45, 7) is 6.48. The van der Waals surface area contributed by atoms with Crippen LogP contribution in [0.15, 0.2) is 16.6 Å². The number of nitrogens with one attached hydrogen (secondary N) is 1. The Bertz CT molecular complexity index is 550. The van der Waals surface area contributed by atoms with E-state index in [9.17, 15) is 10.1 Å². The highest BCUT2D eigenvalue weighted by Crippen LogP contribution is 2.32. The van der Waals surface area contributed by atoms with Crippen LogP contribution >= 0.6 is 15.9 Å². The molecule has 0 amide bonds. The van der Waals surface area contributed by atoms with Crippen LogP contribution in [0.4, 0.5) is 11.4 Å². The molecule has 1 N–H and O–H groups in total. The van der Waals surface area contributed by atoms with Crippen molar-refractivity contribution in [1.29, 1.82) is 5.26 Å². The zero-order chi connectivity index (χ0) is 15.3. The minimum Gasteiger partial charge on any atom is -0.383 e. The molecule has 0 spiro atoms. The number of nitrogens with zero attached hydrogens (tertiary/aromatic N) is 2. The van der Waals surface area contributed by atoms with Gasteiger partial charge in [0.2, 0.25) is 0 Å². The van der Waals surface area contributed by atoms with Crippen molar-refractivity contribution in [2.75, 3.05) is 11.9 Å². The van der Waals surface area contributed by atoms with Gasteiger partial charge in [0.25, 0.3) is 5.69 Å². The second kappa shape index (κ2) is 6.71. The summed E-state index contributed by atoms with van der Waals surface area (Å²) in [6, 6.07) is 5.42. The Balaban J connectivity index is 2.85. The van der Waals surface area contributed by atoms with Gasteiger partial charge in [-0.25, -0.2) is 0 Å². The third-order valence-corrected chi connectivity index (χ3v) is 3.81. The van der Waals surface area contributed by atoms with Crippen molar-refractivity contribution >= 4 is 27.3 Å². The minimum absolute atomic E-state index is 0.0468. The van der Waals surface area contributed by atoms with Crippen LogP contribution in [0.1, 0.15) is 32.3 Å². The highest BCUT2D eigenvalue weighted by molar-refractivity contribution is 9.10. The fraction of sp³-hybridized carbons (Fsp3) is 0.500. The summed E-state index contributed by atoms with van der Waals surface area (Å²) in [5.41, 5.74) is 1.38. The zero-order valence-electron chi connectivity index (χ0n) is 11.9. The monoisotopic (exact) mass is 339 g/mol. The molecule has 1 aromatic carbocycles. The van der Waals surface area contributed by atoms with Crippen LogP contribution in [-0.4, -0.2) is 11.5 Å². The van der Waals surface area contributed by atoms with E-state index in [1.54, 1.807) is 19.1 Å². The number of nitriles is 1. The molecule has 5 nitrogen and oxygen atoms in total. The van der Waals surface area contributed by atoms with Crippen molar-refractivity contribution in [1.82, 2.24) is 0 Å². The fourth-order valence-electron chi connectivity index (χ4n) is 1.81. The van der Waals surface area contributed by atoms with Gasteiger partial charge in [-0.3, -0.25) is 10.1 Å². The molecule has 6 heteroatoms. The van der Waals surface area contributed by atoms with Crippen molar-refractivity contribution in [3.8, 4) is 6.07 Å². The van der Waals surface area contributed by atoms with E-state index in [1.165, 1.54) is 0 Å². The number of rotatable bonds is 6. The molecule has 108 valence electrons. The Hall–Kier alpha value is -1.61. The van der Waals surface area contributed by atoms with E-state index in [1.807, 2.05) is 0 Å². The highest BCUT2D eigenvalue weighted by atomic mass is 79.9. The Kier molecular flexibility index (Phi) is 5.52. The maximum absolute atomic E-state index is 11.0. The van der Waals surface area contributed by atoms with Crippen molar-refractivity contribution in [2.45, 2.75) is 33.6 Å². The first kappa shape index (κ1) is 16.4. The van der Waals surface area contributed by atoms with E-state index in [2.05, 4.69) is 41.2 Å². The standard InChI is InChI=1S/C14H18BrN3O2/c1-10-7-11(15)12(8-13(10)18(19)20)17-9-14(2,3)5-4-6-16/h7-8,17H,4-5,9H2,1-3H3. The lowest BCUT2D eigenvalue weighted by Gasteiger charge is -2.24. The first-order valence-corrected chi connectivity index (χ1v) is 7.11. The molecule has 0 aromatic heterocycles. The van der Waals surface area contributed by atoms with Crippen molar-refractivity contribution in [2.24, 2.45) is 5.41 Å². The molecule has 1 aromatic rings. The van der Waals surface area contributed by atoms with Crippen LogP contribution in [0.5, 0.6) is 0 Å². The third-order valence-electron chi connectivity index (χ3n) is 3.15. The third kappa shape index (κ3) is 4.49. The fourth-order valence-corrected chi connectivity index (χ4v) is 2.41. The Labute approximate surface area is 127 Å². The average Bonchev–Trinajstić information content (AvgIpc) is 2.35. The normalized spacial score (nSPS) is 10.9. The lowest BCUT2D eigenvalue weighted by molar-refractivity contribution is -0.385. The molecular formula is C14H18BrN3O2. The molecule has 1 rings (SSSR count). The van der Waals surface area contributed by atoms with Gasteiger partial charge >= 0.3 is 0 Å². The number of nitro benzene ring substituents is 1. The summed E-state index contributed by atoms with van der Waals surface area (Å²) < 4.78 is 0.802. The molecule has 0 atom stereocenters. The van der Waals surface area contributed by atoms with Gasteiger partial charge < -0.3 is 5.32 Å². The van der Waals surface area contributed by atoms with Crippen LogP contribution < -0.4 is 5.32 Å². The van der Waals surface area contributed by atoms with Gasteiger partial charge in [0, 0.05) is 29.1 Å². The first-order valence-electron chi connectivity index (χ1n) is 6.32. The number of nitro groups is 1. The predicted molar refractivity (Wildman–Crippen MR) is 82.7 cm³/mol. The maximum Gasteiger partial charge on any atom is 0.274 e. The van der Waals surface area contributed by atoms with E-state index in [0.717, 1.165) is 10.9 Å². The average molecular weight is 340 g/mol. The molecule has 20 heavy (non-hydrogen) atoms. The quantitative estimate of drug-likeness (QED) is 0.615. The number of aryl methyl sites for hydroxylation is 1. The Morgan fingerprint density at radius 2 is 2.15 bits per heavy atom. The van der Waals surface area contributed by atoms with Gasteiger partial charge in [0.1, 0.15) is 0 Å². The second-order valence-electron chi connectivity index (χ2n) is 5.55. The summed E-state index contributed by atoms with van der Waals surface area (Å²) >= 11 is 3.41. The molecule has 0 saturated heterocycles. The van der Waals surface area contributed by atoms with Gasteiger partial charge in [0.05, 0.1) is 16.7 Å². The van der Waals surface area contributed by atoms with Crippen LogP contribution in [0.3, 0.4) is 0 Å². The number of benzene rings is 1. The summed E-state index contributed by atoms with van der Waals surface area (Å²) in [7, 11) is 0. The lowest BCUT2D eigenvalue weighted by Crippen LogP contribution is -2.23. The molecule has 0 bridgehead atoms. The maximum atomic E-state index is 11.0. The van der Waals surface area contributed by atoms with Gasteiger partial charge in [-0.2, -0.15) is 5.26 Å². The summed E-state index contributed by atoms with van der Waals surface area (Å²) in [4.78, 5) is 10.6. The molecule has 0 heterocycles. The van der Waals surface area contributed by atoms with Crippen molar-refractivity contribution < 1.29 is 4.92 Å². The summed E-state index contributed by atoms with van der Waals surface area (Å²) in [5.74, 6) is 0. The molecule has 0 aliphatic carbocycles. The Morgan fingerprint density at radius 1 is 1.50 bits per heavy atom. The van der Waals surface area contributed by atoms with Gasteiger partial charge in [-0.15, -0.1) is 0 Å². The number of hydrogen-bond donors (Lipinski definition) is 1. The van der Waals surface area contributed by atoms with Gasteiger partial charge in [-0.1, -0.05) is 13.8 Å². The molecule has 0 aliphatic rings. The van der Waals surface area contributed by atoms with E-state index in [-0.39, 0.29) is 16.0 Å². The number of halogens is 1. The molecule has 0 saturated carbocycles. The Morgan fingerprint density at radius 3 is 2.70 bits per heavy atom. The van der Waals surface area contributed by atoms with Gasteiger partial charge in [-0.05, 0) is 40.8 Å². The lowest BCUT2D eigenvalue weighted by atomic mass is 9.88. The molecule has 0 aliphatic heterocycles. The summed E-state index contributed by atoms with van der Waals surface area (Å²) in [6.07, 6.45) is 1.28. The van der Waals surface area contributed by atoms with Crippen molar-refractivity contribution in [3.05, 3.63) is 32.3 Å². The minimum atomic E-state index is -0.381. The molecule has 0 unspecified atom stereocenters. The van der Waals surface area contributed by atoms with Crippen LogP contribution in [-0.2, 0) is 0 Å². The van der Waals surface area contributed by atoms with Crippen molar-refractivity contribution in [3.63, 3.8) is 0 Å². The topological polar surface area (TPSA) is 79.0 Å². The van der Waals surface area contributed by atoms with E-state index < -0.39 is 0 Å². The van der Waals surface area contributed by atoms with E-state index in [0.29, 0.717) is 24.2 Å². The smallest absolute Gasteiger partial charge is 0.274 e. The number of hydrogen-bond acceptors (Lipinski definition) is 4. The van der Waals surface area contributed by atoms with E-state index >= 15 is 0 Å². The second-order valence-corrected chi connectivity index (χ2v) is 6.41. The zero-order valence-corrected chi connectivity index (χ0v) is 13.5. The van der Waals surface area contributed by atoms with Crippen LogP contribution in [0, 0.1) is 33.8 Å². The molecule has 0 radical (unpaired) electrons. The first-order chi connectivity index (χ1) is 9.26.